The minimum atomic E-state index is 0. The maximum Gasteiger partial charge on any atom is 0.222 e. The van der Waals surface area contributed by atoms with E-state index in [4.69, 9.17) is 10.5 Å². The number of halogens is 2. The highest BCUT2D eigenvalue weighted by Crippen LogP contribution is 2.22. The largest absolute Gasteiger partial charge is 0.378 e. The van der Waals surface area contributed by atoms with Gasteiger partial charge in [-0.05, 0) is 25.0 Å². The SMILES string of the molecule is CC(N)CCC(=O)N(C)Cc1ccccc1N1CCOCC1.Cl.Cl. The smallest absolute Gasteiger partial charge is 0.222 e. The van der Waals surface area contributed by atoms with E-state index in [1.54, 1.807) is 4.90 Å². The van der Waals surface area contributed by atoms with Crippen molar-refractivity contribution in [3.8, 4) is 0 Å². The Morgan fingerprint density at radius 1 is 1.29 bits per heavy atom. The van der Waals surface area contributed by atoms with E-state index in [-0.39, 0.29) is 36.8 Å². The molecule has 1 heterocycles. The van der Waals surface area contributed by atoms with Crippen LogP contribution in [0, 0.1) is 0 Å². The first-order valence-electron chi connectivity index (χ1n) is 7.98. The molecule has 0 aliphatic carbocycles. The van der Waals surface area contributed by atoms with Crippen molar-refractivity contribution in [1.82, 2.24) is 4.90 Å². The van der Waals surface area contributed by atoms with Crippen molar-refractivity contribution in [2.75, 3.05) is 38.3 Å². The molecule has 7 heteroatoms. The Balaban J connectivity index is 0.00000264. The van der Waals surface area contributed by atoms with E-state index in [1.807, 2.05) is 26.1 Å². The van der Waals surface area contributed by atoms with Gasteiger partial charge in [0.25, 0.3) is 0 Å². The lowest BCUT2D eigenvalue weighted by molar-refractivity contribution is -0.130. The maximum absolute atomic E-state index is 12.2. The Hall–Kier alpha value is -1.01. The summed E-state index contributed by atoms with van der Waals surface area (Å²) in [6.45, 7) is 5.89. The van der Waals surface area contributed by atoms with Crippen molar-refractivity contribution >= 4 is 36.4 Å². The zero-order chi connectivity index (χ0) is 15.9. The van der Waals surface area contributed by atoms with E-state index in [2.05, 4.69) is 17.0 Å². The highest BCUT2D eigenvalue weighted by molar-refractivity contribution is 5.85. The van der Waals surface area contributed by atoms with Gasteiger partial charge in [-0.3, -0.25) is 4.79 Å². The van der Waals surface area contributed by atoms with Crippen molar-refractivity contribution in [2.24, 2.45) is 5.73 Å². The van der Waals surface area contributed by atoms with Gasteiger partial charge in [0.15, 0.2) is 0 Å². The summed E-state index contributed by atoms with van der Waals surface area (Å²) >= 11 is 0. The molecule has 1 atom stereocenters. The highest BCUT2D eigenvalue weighted by atomic mass is 35.5. The van der Waals surface area contributed by atoms with Crippen LogP contribution >= 0.6 is 24.8 Å². The Morgan fingerprint density at radius 3 is 2.54 bits per heavy atom. The van der Waals surface area contributed by atoms with Crippen LogP contribution < -0.4 is 10.6 Å². The third-order valence-corrected chi connectivity index (χ3v) is 3.99. The van der Waals surface area contributed by atoms with E-state index in [0.29, 0.717) is 13.0 Å². The first kappa shape index (κ1) is 23.0. The van der Waals surface area contributed by atoms with E-state index in [0.717, 1.165) is 32.7 Å². The average Bonchev–Trinajstić information content (AvgIpc) is 2.53. The van der Waals surface area contributed by atoms with Gasteiger partial charge in [-0.15, -0.1) is 24.8 Å². The zero-order valence-corrected chi connectivity index (χ0v) is 16.1. The molecule has 1 unspecified atom stereocenters. The molecule has 0 radical (unpaired) electrons. The van der Waals surface area contributed by atoms with Gasteiger partial charge in [0.2, 0.25) is 5.91 Å². The number of carbonyl (C=O) groups excluding carboxylic acids is 1. The van der Waals surface area contributed by atoms with E-state index in [1.165, 1.54) is 11.3 Å². The highest BCUT2D eigenvalue weighted by Gasteiger charge is 2.17. The molecular formula is C17H29Cl2N3O2. The number of carbonyl (C=O) groups is 1. The summed E-state index contributed by atoms with van der Waals surface area (Å²) < 4.78 is 5.42. The van der Waals surface area contributed by atoms with Gasteiger partial charge in [0.1, 0.15) is 0 Å². The number of anilines is 1. The molecular weight excluding hydrogens is 349 g/mol. The molecule has 1 aliphatic heterocycles. The number of nitrogens with zero attached hydrogens (tertiary/aromatic N) is 2. The number of nitrogens with two attached hydrogens (primary N) is 1. The molecule has 1 saturated heterocycles. The second kappa shape index (κ2) is 11.5. The minimum absolute atomic E-state index is 0. The molecule has 24 heavy (non-hydrogen) atoms. The van der Waals surface area contributed by atoms with Gasteiger partial charge in [0, 0.05) is 44.8 Å². The predicted octanol–water partition coefficient (Wildman–Crippen LogP) is 2.45. The fourth-order valence-corrected chi connectivity index (χ4v) is 2.64. The molecule has 0 spiro atoms. The van der Waals surface area contributed by atoms with Crippen LogP contribution in [0.3, 0.4) is 0 Å². The summed E-state index contributed by atoms with van der Waals surface area (Å²) in [5, 5.41) is 0. The molecule has 5 nitrogen and oxygen atoms in total. The fourth-order valence-electron chi connectivity index (χ4n) is 2.64. The van der Waals surface area contributed by atoms with Crippen molar-refractivity contribution in [3.05, 3.63) is 29.8 Å². The fraction of sp³-hybridized carbons (Fsp3) is 0.588. The molecule has 1 fully saturated rings. The quantitative estimate of drug-likeness (QED) is 0.826. The Morgan fingerprint density at radius 2 is 1.92 bits per heavy atom. The van der Waals surface area contributed by atoms with Gasteiger partial charge in [0.05, 0.1) is 13.2 Å². The van der Waals surface area contributed by atoms with Crippen LogP contribution in [-0.2, 0) is 16.1 Å². The Bertz CT molecular complexity index is 494. The van der Waals surface area contributed by atoms with Gasteiger partial charge in [-0.25, -0.2) is 0 Å². The zero-order valence-electron chi connectivity index (χ0n) is 14.4. The van der Waals surface area contributed by atoms with Crippen molar-refractivity contribution < 1.29 is 9.53 Å². The molecule has 0 bridgehead atoms. The van der Waals surface area contributed by atoms with Crippen LogP contribution in [0.5, 0.6) is 0 Å². The van der Waals surface area contributed by atoms with E-state index >= 15 is 0 Å². The first-order valence-corrected chi connectivity index (χ1v) is 7.98. The van der Waals surface area contributed by atoms with Gasteiger partial charge in [-0.1, -0.05) is 18.2 Å². The topological polar surface area (TPSA) is 58.8 Å². The molecule has 0 aromatic heterocycles. The molecule has 1 aromatic rings. The molecule has 2 rings (SSSR count). The number of rotatable bonds is 6. The number of hydrogen-bond acceptors (Lipinski definition) is 4. The monoisotopic (exact) mass is 377 g/mol. The summed E-state index contributed by atoms with van der Waals surface area (Å²) in [5.74, 6) is 0.147. The molecule has 1 aromatic carbocycles. The number of ether oxygens (including phenoxy) is 1. The van der Waals surface area contributed by atoms with Crippen LogP contribution in [0.25, 0.3) is 0 Å². The van der Waals surface area contributed by atoms with Crippen molar-refractivity contribution in [3.63, 3.8) is 0 Å². The molecule has 138 valence electrons. The Labute approximate surface area is 157 Å². The third kappa shape index (κ3) is 6.85. The summed E-state index contributed by atoms with van der Waals surface area (Å²) in [4.78, 5) is 16.3. The van der Waals surface area contributed by atoms with E-state index < -0.39 is 0 Å². The standard InChI is InChI=1S/C17H27N3O2.2ClH/c1-14(18)7-8-17(21)19(2)13-15-5-3-4-6-16(15)20-9-11-22-12-10-20;;/h3-6,14H,7-13,18H2,1-2H3;2*1H. The number of hydrogen-bond donors (Lipinski definition) is 1. The van der Waals surface area contributed by atoms with Gasteiger partial charge in [-0.2, -0.15) is 0 Å². The first-order chi connectivity index (χ1) is 10.6. The number of amides is 1. The van der Waals surface area contributed by atoms with Crippen LogP contribution in [0.4, 0.5) is 5.69 Å². The maximum atomic E-state index is 12.2. The lowest BCUT2D eigenvalue weighted by Crippen LogP contribution is -2.37. The Kier molecular flexibility index (Phi) is 11.0. The van der Waals surface area contributed by atoms with Crippen LogP contribution in [0.15, 0.2) is 24.3 Å². The van der Waals surface area contributed by atoms with Crippen LogP contribution in [0.1, 0.15) is 25.3 Å². The predicted molar refractivity (Wildman–Crippen MR) is 103 cm³/mol. The normalized spacial score (nSPS) is 15.0. The lowest BCUT2D eigenvalue weighted by atomic mass is 10.1. The van der Waals surface area contributed by atoms with Gasteiger partial charge < -0.3 is 20.3 Å². The number of morpholine rings is 1. The number of para-hydroxylation sites is 1. The molecule has 2 N–H and O–H groups in total. The van der Waals surface area contributed by atoms with Crippen molar-refractivity contribution in [2.45, 2.75) is 32.4 Å². The molecule has 1 aliphatic rings. The minimum Gasteiger partial charge on any atom is -0.378 e. The third-order valence-electron chi connectivity index (χ3n) is 3.99. The van der Waals surface area contributed by atoms with Crippen molar-refractivity contribution in [1.29, 1.82) is 0 Å². The molecule has 1 amide bonds. The summed E-state index contributed by atoms with van der Waals surface area (Å²) in [6, 6.07) is 8.37. The number of benzene rings is 1. The van der Waals surface area contributed by atoms with Crippen LogP contribution in [-0.4, -0.2) is 50.2 Å². The summed E-state index contributed by atoms with van der Waals surface area (Å²) in [7, 11) is 1.86. The van der Waals surface area contributed by atoms with Crippen LogP contribution in [0.2, 0.25) is 0 Å². The van der Waals surface area contributed by atoms with Gasteiger partial charge >= 0.3 is 0 Å². The molecule has 0 saturated carbocycles. The second-order valence-electron chi connectivity index (χ2n) is 5.99. The summed E-state index contributed by atoms with van der Waals surface area (Å²) in [6.07, 6.45) is 1.24. The average molecular weight is 378 g/mol. The lowest BCUT2D eigenvalue weighted by Gasteiger charge is -2.31. The van der Waals surface area contributed by atoms with E-state index in [9.17, 15) is 4.79 Å². The summed E-state index contributed by atoms with van der Waals surface area (Å²) in [5.41, 5.74) is 8.11. The second-order valence-corrected chi connectivity index (χ2v) is 5.99.